The molecule has 0 unspecified atom stereocenters. The van der Waals surface area contributed by atoms with E-state index < -0.39 is 17.7 Å². The van der Waals surface area contributed by atoms with Gasteiger partial charge in [-0.05, 0) is 19.1 Å². The number of ether oxygens (including phenoxy) is 1. The van der Waals surface area contributed by atoms with Crippen LogP contribution in [0.25, 0.3) is 17.5 Å². The molecule has 0 amide bonds. The topological polar surface area (TPSA) is 78.1 Å². The summed E-state index contributed by atoms with van der Waals surface area (Å²) in [6, 6.07) is 4.25. The van der Waals surface area contributed by atoms with Gasteiger partial charge in [-0.25, -0.2) is 14.8 Å². The Morgan fingerprint density at radius 2 is 1.83 bits per heavy atom. The first-order valence-corrected chi connectivity index (χ1v) is 6.84. The Balaban J connectivity index is 2.55. The summed E-state index contributed by atoms with van der Waals surface area (Å²) in [7, 11) is 1.19. The van der Waals surface area contributed by atoms with E-state index in [4.69, 9.17) is 5.73 Å². The monoisotopic (exact) mass is 337 g/mol. The number of aromatic nitrogens is 2. The lowest BCUT2D eigenvalue weighted by molar-refractivity contribution is -0.137. The number of esters is 1. The molecule has 8 heteroatoms. The summed E-state index contributed by atoms with van der Waals surface area (Å²) in [5.41, 5.74) is 5.59. The Morgan fingerprint density at radius 3 is 2.33 bits per heavy atom. The first-order chi connectivity index (χ1) is 11.3. The van der Waals surface area contributed by atoms with Crippen molar-refractivity contribution < 1.29 is 22.7 Å². The van der Waals surface area contributed by atoms with Crippen molar-refractivity contribution in [2.75, 3.05) is 12.8 Å². The number of allylic oxidation sites excluding steroid dienone is 1. The highest BCUT2D eigenvalue weighted by atomic mass is 19.4. The van der Waals surface area contributed by atoms with Crippen molar-refractivity contribution in [1.82, 2.24) is 9.97 Å². The highest BCUT2D eigenvalue weighted by Gasteiger charge is 2.30. The van der Waals surface area contributed by atoms with Crippen molar-refractivity contribution in [2.45, 2.75) is 13.1 Å². The quantitative estimate of drug-likeness (QED) is 0.867. The van der Waals surface area contributed by atoms with Gasteiger partial charge in [0, 0.05) is 11.1 Å². The lowest BCUT2D eigenvalue weighted by Gasteiger charge is -2.10. The molecule has 0 fully saturated rings. The molecule has 0 aliphatic carbocycles. The van der Waals surface area contributed by atoms with Crippen molar-refractivity contribution >= 4 is 17.9 Å². The molecule has 0 aliphatic rings. The number of methoxy groups -OCH3 is 1. The van der Waals surface area contributed by atoms with E-state index in [1.807, 2.05) is 0 Å². The lowest BCUT2D eigenvalue weighted by atomic mass is 10.1. The number of hydrogen-bond acceptors (Lipinski definition) is 5. The molecular weight excluding hydrogens is 323 g/mol. The molecule has 0 saturated heterocycles. The number of halogens is 3. The molecule has 2 rings (SSSR count). The Kier molecular flexibility index (Phi) is 4.87. The second kappa shape index (κ2) is 6.69. The molecule has 5 nitrogen and oxygen atoms in total. The highest BCUT2D eigenvalue weighted by Crippen LogP contribution is 2.31. The minimum Gasteiger partial charge on any atom is -0.464 e. The Hall–Kier alpha value is -2.90. The zero-order chi connectivity index (χ0) is 17.9. The Morgan fingerprint density at radius 1 is 1.21 bits per heavy atom. The number of benzene rings is 1. The van der Waals surface area contributed by atoms with E-state index in [1.54, 1.807) is 19.1 Å². The summed E-state index contributed by atoms with van der Waals surface area (Å²) in [5, 5.41) is 0. The summed E-state index contributed by atoms with van der Waals surface area (Å²) in [6.07, 6.45) is -1.23. The second-order valence-corrected chi connectivity index (χ2v) is 4.76. The molecule has 1 heterocycles. The van der Waals surface area contributed by atoms with Crippen LogP contribution >= 0.6 is 0 Å². The summed E-state index contributed by atoms with van der Waals surface area (Å²) in [4.78, 5) is 20.0. The number of alkyl halides is 3. The van der Waals surface area contributed by atoms with Gasteiger partial charge in [-0.1, -0.05) is 24.3 Å². The Labute approximate surface area is 136 Å². The SMILES string of the molecule is C/C=C/c1c(N)nc(-c2ccc(C(F)(F)F)cc2)nc1C(=O)OC. The van der Waals surface area contributed by atoms with Crippen LogP contribution in [0.15, 0.2) is 30.3 Å². The van der Waals surface area contributed by atoms with Crippen molar-refractivity contribution in [3.63, 3.8) is 0 Å². The highest BCUT2D eigenvalue weighted by molar-refractivity contribution is 5.94. The van der Waals surface area contributed by atoms with E-state index in [-0.39, 0.29) is 17.3 Å². The average molecular weight is 337 g/mol. The molecular formula is C16H14F3N3O2. The maximum absolute atomic E-state index is 12.6. The molecule has 24 heavy (non-hydrogen) atoms. The largest absolute Gasteiger partial charge is 0.464 e. The second-order valence-electron chi connectivity index (χ2n) is 4.76. The zero-order valence-corrected chi connectivity index (χ0v) is 12.9. The Bertz CT molecular complexity index is 784. The van der Waals surface area contributed by atoms with Crippen LogP contribution in [0.1, 0.15) is 28.5 Å². The lowest BCUT2D eigenvalue weighted by Crippen LogP contribution is -2.12. The van der Waals surface area contributed by atoms with Gasteiger partial charge in [0.1, 0.15) is 5.82 Å². The first kappa shape index (κ1) is 17.5. The van der Waals surface area contributed by atoms with E-state index >= 15 is 0 Å². The van der Waals surface area contributed by atoms with Crippen molar-refractivity contribution in [1.29, 1.82) is 0 Å². The summed E-state index contributed by atoms with van der Waals surface area (Å²) in [6.45, 7) is 1.73. The van der Waals surface area contributed by atoms with Crippen LogP contribution in [0.5, 0.6) is 0 Å². The average Bonchev–Trinajstić information content (AvgIpc) is 2.55. The van der Waals surface area contributed by atoms with Gasteiger partial charge in [-0.15, -0.1) is 0 Å². The number of nitrogen functional groups attached to an aromatic ring is 1. The van der Waals surface area contributed by atoms with Gasteiger partial charge >= 0.3 is 12.1 Å². The van der Waals surface area contributed by atoms with E-state index in [9.17, 15) is 18.0 Å². The fourth-order valence-electron chi connectivity index (χ4n) is 2.01. The maximum Gasteiger partial charge on any atom is 0.416 e. The standard InChI is InChI=1S/C16H14F3N3O2/c1-3-4-11-12(15(23)24-2)21-14(22-13(11)20)9-5-7-10(8-6-9)16(17,18)19/h3-8H,1-2H3,(H2,20,21,22)/b4-3+. The molecule has 2 N–H and O–H groups in total. The number of nitrogens with two attached hydrogens (primary N) is 1. The maximum atomic E-state index is 12.6. The predicted octanol–water partition coefficient (Wildman–Crippen LogP) is 3.56. The molecule has 0 aliphatic heterocycles. The van der Waals surface area contributed by atoms with Crippen LogP contribution in [0.3, 0.4) is 0 Å². The summed E-state index contributed by atoms with van der Waals surface area (Å²) >= 11 is 0. The van der Waals surface area contributed by atoms with Crippen LogP contribution in [-0.2, 0) is 10.9 Å². The molecule has 1 aromatic heterocycles. The predicted molar refractivity (Wildman–Crippen MR) is 82.9 cm³/mol. The van der Waals surface area contributed by atoms with Crippen molar-refractivity contribution in [2.24, 2.45) is 0 Å². The van der Waals surface area contributed by atoms with Crippen LogP contribution < -0.4 is 5.73 Å². The zero-order valence-electron chi connectivity index (χ0n) is 12.9. The molecule has 0 bridgehead atoms. The third kappa shape index (κ3) is 3.53. The van der Waals surface area contributed by atoms with Gasteiger partial charge in [-0.3, -0.25) is 0 Å². The number of rotatable bonds is 3. The molecule has 1 aromatic carbocycles. The van der Waals surface area contributed by atoms with Gasteiger partial charge in [-0.2, -0.15) is 13.2 Å². The molecule has 0 saturated carbocycles. The number of carbonyl (C=O) groups excluding carboxylic acids is 1. The normalized spacial score (nSPS) is 11.7. The molecule has 0 atom stereocenters. The van der Waals surface area contributed by atoms with Crippen LogP contribution in [0, 0.1) is 0 Å². The van der Waals surface area contributed by atoms with Crippen LogP contribution in [0.2, 0.25) is 0 Å². The van der Waals surface area contributed by atoms with Gasteiger partial charge in [0.25, 0.3) is 0 Å². The van der Waals surface area contributed by atoms with Crippen molar-refractivity contribution in [3.8, 4) is 11.4 Å². The number of carbonyl (C=O) groups is 1. The summed E-state index contributed by atoms with van der Waals surface area (Å²) in [5.74, 6) is -0.654. The van der Waals surface area contributed by atoms with Crippen LogP contribution in [0.4, 0.5) is 19.0 Å². The first-order valence-electron chi connectivity index (χ1n) is 6.84. The third-order valence-electron chi connectivity index (χ3n) is 3.16. The number of hydrogen-bond donors (Lipinski definition) is 1. The number of anilines is 1. The van der Waals surface area contributed by atoms with Crippen molar-refractivity contribution in [3.05, 3.63) is 47.2 Å². The van der Waals surface area contributed by atoms with Gasteiger partial charge < -0.3 is 10.5 Å². The fraction of sp³-hybridized carbons (Fsp3) is 0.188. The molecule has 2 aromatic rings. The minimum absolute atomic E-state index is 0.0263. The van der Waals surface area contributed by atoms with E-state index in [2.05, 4.69) is 14.7 Å². The third-order valence-corrected chi connectivity index (χ3v) is 3.16. The van der Waals surface area contributed by atoms with Gasteiger partial charge in [0.2, 0.25) is 0 Å². The minimum atomic E-state index is -4.44. The smallest absolute Gasteiger partial charge is 0.416 e. The molecule has 126 valence electrons. The summed E-state index contributed by atoms with van der Waals surface area (Å²) < 4.78 is 42.5. The van der Waals surface area contributed by atoms with Gasteiger partial charge in [0.05, 0.1) is 12.7 Å². The van der Waals surface area contributed by atoms with E-state index in [0.29, 0.717) is 11.1 Å². The van der Waals surface area contributed by atoms with E-state index in [1.165, 1.54) is 19.2 Å². The van der Waals surface area contributed by atoms with Gasteiger partial charge in [0.15, 0.2) is 11.5 Å². The number of nitrogens with zero attached hydrogens (tertiary/aromatic N) is 2. The fourth-order valence-corrected chi connectivity index (χ4v) is 2.01. The molecule has 0 radical (unpaired) electrons. The molecule has 0 spiro atoms. The van der Waals surface area contributed by atoms with E-state index in [0.717, 1.165) is 12.1 Å². The van der Waals surface area contributed by atoms with Crippen LogP contribution in [-0.4, -0.2) is 23.0 Å².